The highest BCUT2D eigenvalue weighted by molar-refractivity contribution is 5.76. The number of carbonyl (C=O) groups excluding carboxylic acids is 1. The van der Waals surface area contributed by atoms with Crippen molar-refractivity contribution in [2.45, 2.75) is 84.7 Å². The number of carbonyl (C=O) groups is 1. The molecular formula is C16H33NO2. The summed E-state index contributed by atoms with van der Waals surface area (Å²) in [5.74, 6) is 0.183. The van der Waals surface area contributed by atoms with Crippen LogP contribution in [0.1, 0.15) is 72.6 Å². The summed E-state index contributed by atoms with van der Waals surface area (Å²) in [5, 5.41) is 3.43. The van der Waals surface area contributed by atoms with E-state index in [-0.39, 0.29) is 12.0 Å². The molecule has 3 nitrogen and oxygen atoms in total. The van der Waals surface area contributed by atoms with Crippen molar-refractivity contribution in [2.75, 3.05) is 7.11 Å². The van der Waals surface area contributed by atoms with Crippen molar-refractivity contribution in [3.63, 3.8) is 0 Å². The summed E-state index contributed by atoms with van der Waals surface area (Å²) < 4.78 is 4.89. The molecule has 0 aromatic carbocycles. The first kappa shape index (κ1) is 18.4. The fourth-order valence-electron chi connectivity index (χ4n) is 2.27. The Hall–Kier alpha value is -0.570. The highest BCUT2D eigenvalue weighted by Crippen LogP contribution is 2.13. The fraction of sp³-hybridized carbons (Fsp3) is 0.938. The molecule has 3 atom stereocenters. The summed E-state index contributed by atoms with van der Waals surface area (Å²) in [4.78, 5) is 11.8. The van der Waals surface area contributed by atoms with Crippen LogP contribution in [0.4, 0.5) is 0 Å². The van der Waals surface area contributed by atoms with Crippen molar-refractivity contribution in [1.29, 1.82) is 0 Å². The number of unbranched alkanes of at least 4 members (excludes halogenated alkanes) is 4. The van der Waals surface area contributed by atoms with E-state index in [1.54, 1.807) is 0 Å². The molecule has 0 amide bonds. The molecule has 0 bridgehead atoms. The lowest BCUT2D eigenvalue weighted by atomic mass is 9.97. The van der Waals surface area contributed by atoms with Crippen LogP contribution in [-0.4, -0.2) is 25.2 Å². The second kappa shape index (κ2) is 11.3. The van der Waals surface area contributed by atoms with Gasteiger partial charge in [0.25, 0.3) is 0 Å². The van der Waals surface area contributed by atoms with E-state index in [0.29, 0.717) is 12.0 Å². The average molecular weight is 271 g/mol. The number of nitrogens with one attached hydrogen (secondary N) is 1. The molecule has 19 heavy (non-hydrogen) atoms. The van der Waals surface area contributed by atoms with Gasteiger partial charge in [-0.15, -0.1) is 0 Å². The van der Waals surface area contributed by atoms with Crippen LogP contribution in [0.15, 0.2) is 0 Å². The SMILES string of the molecule is CCCCCCCC(C)NC(C(=O)OC)C(C)CC. The Morgan fingerprint density at radius 1 is 1.11 bits per heavy atom. The molecule has 0 radical (unpaired) electrons. The van der Waals surface area contributed by atoms with Gasteiger partial charge in [-0.05, 0) is 19.3 Å². The van der Waals surface area contributed by atoms with Gasteiger partial charge in [-0.1, -0.05) is 59.3 Å². The van der Waals surface area contributed by atoms with Gasteiger partial charge in [0.05, 0.1) is 7.11 Å². The summed E-state index contributed by atoms with van der Waals surface area (Å²) >= 11 is 0. The third-order valence-corrected chi connectivity index (χ3v) is 3.87. The van der Waals surface area contributed by atoms with Gasteiger partial charge in [0.2, 0.25) is 0 Å². The van der Waals surface area contributed by atoms with Gasteiger partial charge in [-0.25, -0.2) is 0 Å². The zero-order valence-corrected chi connectivity index (χ0v) is 13.5. The minimum absolute atomic E-state index is 0.132. The van der Waals surface area contributed by atoms with E-state index in [1.165, 1.54) is 39.2 Å². The van der Waals surface area contributed by atoms with Crippen molar-refractivity contribution in [3.05, 3.63) is 0 Å². The molecule has 0 fully saturated rings. The van der Waals surface area contributed by atoms with Crippen LogP contribution in [-0.2, 0) is 9.53 Å². The van der Waals surface area contributed by atoms with E-state index in [4.69, 9.17) is 4.74 Å². The highest BCUT2D eigenvalue weighted by Gasteiger charge is 2.25. The van der Waals surface area contributed by atoms with Crippen LogP contribution in [0.5, 0.6) is 0 Å². The quantitative estimate of drug-likeness (QED) is 0.457. The zero-order chi connectivity index (χ0) is 14.7. The van der Waals surface area contributed by atoms with E-state index in [1.807, 2.05) is 0 Å². The Labute approximate surface area is 119 Å². The van der Waals surface area contributed by atoms with E-state index < -0.39 is 0 Å². The molecule has 0 heterocycles. The van der Waals surface area contributed by atoms with Crippen LogP contribution in [0.3, 0.4) is 0 Å². The number of hydrogen-bond donors (Lipinski definition) is 1. The molecule has 0 saturated carbocycles. The monoisotopic (exact) mass is 271 g/mol. The summed E-state index contributed by atoms with van der Waals surface area (Å²) in [7, 11) is 1.47. The van der Waals surface area contributed by atoms with Crippen LogP contribution in [0.25, 0.3) is 0 Å². The first-order valence-corrected chi connectivity index (χ1v) is 7.90. The number of methoxy groups -OCH3 is 1. The molecule has 0 aliphatic carbocycles. The van der Waals surface area contributed by atoms with Gasteiger partial charge in [0, 0.05) is 6.04 Å². The van der Waals surface area contributed by atoms with Gasteiger partial charge in [-0.2, -0.15) is 0 Å². The second-order valence-corrected chi connectivity index (χ2v) is 5.66. The van der Waals surface area contributed by atoms with Crippen molar-refractivity contribution in [1.82, 2.24) is 5.32 Å². The molecule has 3 unspecified atom stereocenters. The van der Waals surface area contributed by atoms with E-state index in [0.717, 1.165) is 12.8 Å². The molecular weight excluding hydrogens is 238 g/mol. The van der Waals surface area contributed by atoms with E-state index in [9.17, 15) is 4.79 Å². The predicted molar refractivity (Wildman–Crippen MR) is 81.2 cm³/mol. The normalized spacial score (nSPS) is 15.8. The summed E-state index contributed by atoms with van der Waals surface area (Å²) in [5.41, 5.74) is 0. The largest absolute Gasteiger partial charge is 0.468 e. The van der Waals surface area contributed by atoms with Crippen molar-refractivity contribution >= 4 is 5.97 Å². The maximum Gasteiger partial charge on any atom is 0.323 e. The van der Waals surface area contributed by atoms with Crippen LogP contribution in [0.2, 0.25) is 0 Å². The smallest absolute Gasteiger partial charge is 0.323 e. The molecule has 0 spiro atoms. The third-order valence-electron chi connectivity index (χ3n) is 3.87. The van der Waals surface area contributed by atoms with E-state index in [2.05, 4.69) is 33.0 Å². The van der Waals surface area contributed by atoms with Crippen molar-refractivity contribution in [2.24, 2.45) is 5.92 Å². The number of esters is 1. The Morgan fingerprint density at radius 3 is 2.26 bits per heavy atom. The Balaban J connectivity index is 4.02. The summed E-state index contributed by atoms with van der Waals surface area (Å²) in [6.07, 6.45) is 8.60. The second-order valence-electron chi connectivity index (χ2n) is 5.66. The predicted octanol–water partition coefficient (Wildman–Crippen LogP) is 3.91. The van der Waals surface area contributed by atoms with Crippen LogP contribution >= 0.6 is 0 Å². The van der Waals surface area contributed by atoms with Gasteiger partial charge >= 0.3 is 5.97 Å². The Bertz CT molecular complexity index is 231. The van der Waals surface area contributed by atoms with E-state index >= 15 is 0 Å². The van der Waals surface area contributed by atoms with Gasteiger partial charge in [-0.3, -0.25) is 4.79 Å². The molecule has 1 N–H and O–H groups in total. The lowest BCUT2D eigenvalue weighted by molar-refractivity contribution is -0.144. The molecule has 0 aromatic rings. The van der Waals surface area contributed by atoms with Crippen molar-refractivity contribution < 1.29 is 9.53 Å². The maximum absolute atomic E-state index is 11.8. The Morgan fingerprint density at radius 2 is 1.74 bits per heavy atom. The number of ether oxygens (including phenoxy) is 1. The molecule has 114 valence electrons. The minimum Gasteiger partial charge on any atom is -0.468 e. The standard InChI is InChI=1S/C16H33NO2/c1-6-8-9-10-11-12-14(4)17-15(13(3)7-2)16(18)19-5/h13-15,17H,6-12H2,1-5H3. The highest BCUT2D eigenvalue weighted by atomic mass is 16.5. The fourth-order valence-corrected chi connectivity index (χ4v) is 2.27. The van der Waals surface area contributed by atoms with Crippen molar-refractivity contribution in [3.8, 4) is 0 Å². The minimum atomic E-state index is -0.166. The summed E-state index contributed by atoms with van der Waals surface area (Å²) in [6.45, 7) is 8.61. The lowest BCUT2D eigenvalue weighted by Gasteiger charge is -2.25. The molecule has 0 saturated heterocycles. The van der Waals surface area contributed by atoms with Crippen LogP contribution in [0, 0.1) is 5.92 Å². The third kappa shape index (κ3) is 8.25. The molecule has 0 aliphatic rings. The van der Waals surface area contributed by atoms with Gasteiger partial charge < -0.3 is 10.1 Å². The summed E-state index contributed by atoms with van der Waals surface area (Å²) in [6, 6.07) is 0.209. The number of hydrogen-bond acceptors (Lipinski definition) is 3. The van der Waals surface area contributed by atoms with Gasteiger partial charge in [0.15, 0.2) is 0 Å². The first-order chi connectivity index (χ1) is 9.06. The molecule has 0 rings (SSSR count). The average Bonchev–Trinajstić information content (AvgIpc) is 2.42. The Kier molecular flexibility index (Phi) is 10.9. The zero-order valence-electron chi connectivity index (χ0n) is 13.5. The van der Waals surface area contributed by atoms with Gasteiger partial charge in [0.1, 0.15) is 6.04 Å². The van der Waals surface area contributed by atoms with Crippen LogP contribution < -0.4 is 5.32 Å². The molecule has 0 aromatic heterocycles. The number of rotatable bonds is 11. The molecule has 0 aliphatic heterocycles. The maximum atomic E-state index is 11.8. The first-order valence-electron chi connectivity index (χ1n) is 7.90. The lowest BCUT2D eigenvalue weighted by Crippen LogP contribution is -2.46. The topological polar surface area (TPSA) is 38.3 Å². The molecule has 3 heteroatoms.